The smallest absolute Gasteiger partial charge is 0.0625 e. The maximum atomic E-state index is 9.54. The Hall–Kier alpha value is -0.120. The summed E-state index contributed by atoms with van der Waals surface area (Å²) in [5.74, 6) is 0. The first-order chi connectivity index (χ1) is 7.18. The normalized spacial score (nSPS) is 36.4. The van der Waals surface area contributed by atoms with Gasteiger partial charge in [-0.3, -0.25) is 4.90 Å². The summed E-state index contributed by atoms with van der Waals surface area (Å²) in [6, 6.07) is 0.544. The quantitative estimate of drug-likeness (QED) is 0.766. The number of aliphatic hydroxyl groups is 1. The molecule has 15 heavy (non-hydrogen) atoms. The third-order valence-corrected chi connectivity index (χ3v) is 3.95. The largest absolute Gasteiger partial charge is 0.394 e. The number of fused-ring (bicyclic) bond motifs is 1. The van der Waals surface area contributed by atoms with E-state index < -0.39 is 0 Å². The molecule has 0 spiro atoms. The molecule has 0 aromatic carbocycles. The maximum absolute atomic E-state index is 9.54. The molecule has 0 unspecified atom stereocenters. The van der Waals surface area contributed by atoms with Crippen molar-refractivity contribution in [3.63, 3.8) is 0 Å². The molecule has 0 radical (unpaired) electrons. The summed E-state index contributed by atoms with van der Waals surface area (Å²) >= 11 is 0. The van der Waals surface area contributed by atoms with E-state index in [-0.39, 0.29) is 5.54 Å². The first-order valence-electron chi connectivity index (χ1n) is 6.17. The SMILES string of the molecule is CC(C)OC[C@@H]1CC[C@]2(CO)CCCN12. The molecule has 2 aliphatic heterocycles. The number of aliphatic hydroxyl groups excluding tert-OH is 1. The molecule has 2 atom stereocenters. The molecule has 0 bridgehead atoms. The van der Waals surface area contributed by atoms with Gasteiger partial charge >= 0.3 is 0 Å². The predicted molar refractivity (Wildman–Crippen MR) is 59.9 cm³/mol. The molecule has 0 aromatic rings. The number of ether oxygens (including phenoxy) is 1. The highest BCUT2D eigenvalue weighted by molar-refractivity contribution is 5.04. The van der Waals surface area contributed by atoms with Crippen molar-refractivity contribution in [3.05, 3.63) is 0 Å². The van der Waals surface area contributed by atoms with Crippen molar-refractivity contribution in [2.75, 3.05) is 19.8 Å². The number of nitrogens with zero attached hydrogens (tertiary/aromatic N) is 1. The molecule has 2 saturated heterocycles. The van der Waals surface area contributed by atoms with Crippen molar-refractivity contribution in [3.8, 4) is 0 Å². The summed E-state index contributed by atoms with van der Waals surface area (Å²) in [5.41, 5.74) is 0.116. The third kappa shape index (κ3) is 2.05. The molecule has 0 saturated carbocycles. The number of hydrogen-bond acceptors (Lipinski definition) is 3. The van der Waals surface area contributed by atoms with Crippen LogP contribution in [0.1, 0.15) is 39.5 Å². The lowest BCUT2D eigenvalue weighted by molar-refractivity contribution is 0.0113. The number of hydrogen-bond donors (Lipinski definition) is 1. The van der Waals surface area contributed by atoms with E-state index >= 15 is 0 Å². The molecule has 0 aliphatic carbocycles. The topological polar surface area (TPSA) is 32.7 Å². The predicted octanol–water partition coefficient (Wildman–Crippen LogP) is 1.40. The second kappa shape index (κ2) is 4.40. The van der Waals surface area contributed by atoms with Gasteiger partial charge in [0.15, 0.2) is 0 Å². The van der Waals surface area contributed by atoms with Crippen LogP contribution in [0.3, 0.4) is 0 Å². The third-order valence-electron chi connectivity index (χ3n) is 3.95. The maximum Gasteiger partial charge on any atom is 0.0625 e. The van der Waals surface area contributed by atoms with E-state index in [0.29, 0.717) is 18.8 Å². The Bertz CT molecular complexity index is 220. The number of rotatable bonds is 4. The summed E-state index contributed by atoms with van der Waals surface area (Å²) in [7, 11) is 0. The van der Waals surface area contributed by atoms with Crippen LogP contribution in [0.25, 0.3) is 0 Å². The molecule has 88 valence electrons. The van der Waals surface area contributed by atoms with Gasteiger partial charge in [-0.05, 0) is 46.1 Å². The van der Waals surface area contributed by atoms with Crippen molar-refractivity contribution in [1.29, 1.82) is 0 Å². The zero-order chi connectivity index (χ0) is 10.9. The Labute approximate surface area is 92.4 Å². The highest BCUT2D eigenvalue weighted by atomic mass is 16.5. The Kier molecular flexibility index (Phi) is 3.33. The van der Waals surface area contributed by atoms with Gasteiger partial charge < -0.3 is 9.84 Å². The Balaban J connectivity index is 1.93. The Morgan fingerprint density at radius 1 is 1.47 bits per heavy atom. The highest BCUT2D eigenvalue weighted by Gasteiger charge is 2.48. The molecule has 2 rings (SSSR count). The first kappa shape index (κ1) is 11.4. The van der Waals surface area contributed by atoms with Gasteiger partial charge in [0.25, 0.3) is 0 Å². The minimum atomic E-state index is 0.116. The molecule has 2 fully saturated rings. The van der Waals surface area contributed by atoms with E-state index in [1.54, 1.807) is 0 Å². The van der Waals surface area contributed by atoms with Crippen molar-refractivity contribution in [2.45, 2.75) is 57.2 Å². The van der Waals surface area contributed by atoms with Gasteiger partial charge in [-0.25, -0.2) is 0 Å². The van der Waals surface area contributed by atoms with Gasteiger partial charge in [-0.2, -0.15) is 0 Å². The van der Waals surface area contributed by atoms with Gasteiger partial charge in [0.05, 0.1) is 19.3 Å². The molecular formula is C12H23NO2. The summed E-state index contributed by atoms with van der Waals surface area (Å²) in [5, 5.41) is 9.54. The second-order valence-electron chi connectivity index (χ2n) is 5.25. The van der Waals surface area contributed by atoms with Crippen molar-refractivity contribution < 1.29 is 9.84 Å². The van der Waals surface area contributed by atoms with Crippen LogP contribution in [-0.4, -0.2) is 47.4 Å². The van der Waals surface area contributed by atoms with E-state index in [4.69, 9.17) is 4.74 Å². The van der Waals surface area contributed by atoms with Crippen molar-refractivity contribution in [2.24, 2.45) is 0 Å². The average molecular weight is 213 g/mol. The van der Waals surface area contributed by atoms with Crippen LogP contribution in [0.15, 0.2) is 0 Å². The van der Waals surface area contributed by atoms with E-state index in [1.807, 2.05) is 0 Å². The van der Waals surface area contributed by atoms with E-state index in [1.165, 1.54) is 19.3 Å². The van der Waals surface area contributed by atoms with Crippen LogP contribution in [0, 0.1) is 0 Å². The minimum Gasteiger partial charge on any atom is -0.394 e. The summed E-state index contributed by atoms with van der Waals surface area (Å²) in [6.45, 7) is 6.47. The molecule has 3 heteroatoms. The van der Waals surface area contributed by atoms with Gasteiger partial charge in [0.1, 0.15) is 0 Å². The van der Waals surface area contributed by atoms with Crippen LogP contribution in [0.4, 0.5) is 0 Å². The van der Waals surface area contributed by atoms with Gasteiger partial charge in [0, 0.05) is 11.6 Å². The lowest BCUT2D eigenvalue weighted by Gasteiger charge is -2.33. The van der Waals surface area contributed by atoms with Crippen LogP contribution in [0.5, 0.6) is 0 Å². The average Bonchev–Trinajstić information content (AvgIpc) is 2.73. The lowest BCUT2D eigenvalue weighted by atomic mass is 9.95. The summed E-state index contributed by atoms with van der Waals surface area (Å²) < 4.78 is 5.70. The van der Waals surface area contributed by atoms with Crippen LogP contribution < -0.4 is 0 Å². The fraction of sp³-hybridized carbons (Fsp3) is 1.00. The summed E-state index contributed by atoms with van der Waals surface area (Å²) in [6.07, 6.45) is 5.06. The zero-order valence-corrected chi connectivity index (χ0v) is 9.91. The van der Waals surface area contributed by atoms with Gasteiger partial charge in [-0.15, -0.1) is 0 Å². The van der Waals surface area contributed by atoms with E-state index in [0.717, 1.165) is 19.6 Å². The standard InChI is InChI=1S/C12H23NO2/c1-10(2)15-8-11-4-6-12(9-14)5-3-7-13(11)12/h10-11,14H,3-9H2,1-2H3/t11-,12-/m0/s1. The second-order valence-corrected chi connectivity index (χ2v) is 5.25. The first-order valence-corrected chi connectivity index (χ1v) is 6.17. The Morgan fingerprint density at radius 2 is 2.27 bits per heavy atom. The van der Waals surface area contributed by atoms with Gasteiger partial charge in [0.2, 0.25) is 0 Å². The van der Waals surface area contributed by atoms with Crippen molar-refractivity contribution in [1.82, 2.24) is 4.90 Å². The molecule has 1 N–H and O–H groups in total. The van der Waals surface area contributed by atoms with E-state index in [2.05, 4.69) is 18.7 Å². The minimum absolute atomic E-state index is 0.116. The van der Waals surface area contributed by atoms with E-state index in [9.17, 15) is 5.11 Å². The molecule has 0 aromatic heterocycles. The molecule has 2 aliphatic rings. The van der Waals surface area contributed by atoms with Gasteiger partial charge in [-0.1, -0.05) is 0 Å². The van der Waals surface area contributed by atoms with Crippen molar-refractivity contribution >= 4 is 0 Å². The van der Waals surface area contributed by atoms with Crippen LogP contribution in [-0.2, 0) is 4.74 Å². The van der Waals surface area contributed by atoms with Crippen LogP contribution in [0.2, 0.25) is 0 Å². The summed E-state index contributed by atoms with van der Waals surface area (Å²) in [4.78, 5) is 2.50. The highest BCUT2D eigenvalue weighted by Crippen LogP contribution is 2.41. The van der Waals surface area contributed by atoms with Crippen LogP contribution >= 0.6 is 0 Å². The Morgan fingerprint density at radius 3 is 2.93 bits per heavy atom. The molecule has 0 amide bonds. The monoisotopic (exact) mass is 213 g/mol. The lowest BCUT2D eigenvalue weighted by Crippen LogP contribution is -2.46. The zero-order valence-electron chi connectivity index (χ0n) is 9.91. The fourth-order valence-corrected chi connectivity index (χ4v) is 3.11. The molecule has 3 nitrogen and oxygen atoms in total. The fourth-order valence-electron chi connectivity index (χ4n) is 3.11. The molecular weight excluding hydrogens is 190 g/mol. The molecule has 2 heterocycles.